The molecule has 0 heterocycles. The summed E-state index contributed by atoms with van der Waals surface area (Å²) in [4.78, 5) is 4.91. The third-order valence-corrected chi connectivity index (χ3v) is 18.5. The molecule has 414 valence electrons. The van der Waals surface area contributed by atoms with Gasteiger partial charge in [-0.05, 0) is 285 Å². The maximum Gasteiger partial charge on any atom is 0.0719 e. The van der Waals surface area contributed by atoms with Crippen molar-refractivity contribution >= 4 is 55.7 Å². The second-order valence-corrected chi connectivity index (χ2v) is 24.8. The molecular formula is C84H68N2. The largest absolute Gasteiger partial charge is 0.310 e. The van der Waals surface area contributed by atoms with Crippen LogP contribution in [0.2, 0.25) is 0 Å². The Labute approximate surface area is 507 Å². The van der Waals surface area contributed by atoms with E-state index < -0.39 is 10.8 Å². The van der Waals surface area contributed by atoms with E-state index in [1.165, 1.54) is 133 Å². The highest BCUT2D eigenvalue weighted by molar-refractivity contribution is 6.05. The van der Waals surface area contributed by atoms with E-state index in [0.29, 0.717) is 0 Å². The van der Waals surface area contributed by atoms with E-state index in [2.05, 4.69) is 332 Å². The molecule has 13 aromatic rings. The monoisotopic (exact) mass is 1100 g/mol. The molecule has 0 bridgehead atoms. The smallest absolute Gasteiger partial charge is 0.0719 e. The van der Waals surface area contributed by atoms with Crippen molar-refractivity contribution in [3.63, 3.8) is 0 Å². The average molecular weight is 1110 g/mol. The fourth-order valence-corrected chi connectivity index (χ4v) is 15.5. The van der Waals surface area contributed by atoms with E-state index in [1.54, 1.807) is 0 Å². The van der Waals surface area contributed by atoms with Crippen LogP contribution in [0.1, 0.15) is 89.0 Å². The lowest BCUT2D eigenvalue weighted by atomic mass is 9.64. The van der Waals surface area contributed by atoms with E-state index in [9.17, 15) is 0 Å². The molecule has 0 amide bonds. The molecule has 86 heavy (non-hydrogen) atoms. The minimum Gasteiger partial charge on any atom is -0.310 e. The van der Waals surface area contributed by atoms with Gasteiger partial charge in [0, 0.05) is 34.1 Å². The highest BCUT2D eigenvalue weighted by Crippen LogP contribution is 2.66. The number of hydrogen-bond donors (Lipinski definition) is 0. The van der Waals surface area contributed by atoms with Crippen molar-refractivity contribution in [2.75, 3.05) is 9.80 Å². The van der Waals surface area contributed by atoms with Crippen LogP contribution >= 0.6 is 0 Å². The van der Waals surface area contributed by atoms with Crippen molar-refractivity contribution in [1.29, 1.82) is 0 Å². The molecule has 0 radical (unpaired) electrons. The average Bonchev–Trinajstić information content (AvgIpc) is 1.50. The van der Waals surface area contributed by atoms with E-state index in [4.69, 9.17) is 0 Å². The quantitative estimate of drug-likeness (QED) is 0.135. The van der Waals surface area contributed by atoms with Crippen molar-refractivity contribution in [3.8, 4) is 22.3 Å². The SMILES string of the molecule is Cc1cc(C)cc(N(c2cc(C)cc(C)c2)c2ccc3cc4c(cc3c2)C(c2ccccc2)(c2ccccc2)c2ccc3c(c2-4)C(c2ccccc2)(c2ccccc2)c2cc4cc(N(c5cc(C)cc(C)c5)c5cc(C)cc(C)c5)ccc4cc2-3)c1. The Morgan fingerprint density at radius 2 is 0.547 bits per heavy atom. The maximum absolute atomic E-state index is 2.56. The molecule has 0 N–H and O–H groups in total. The summed E-state index contributed by atoms with van der Waals surface area (Å²) in [6.45, 7) is 17.6. The van der Waals surface area contributed by atoms with Gasteiger partial charge in [0.2, 0.25) is 0 Å². The number of nitrogens with zero attached hydrogens (tertiary/aromatic N) is 2. The Morgan fingerprint density at radius 3 is 0.907 bits per heavy atom. The predicted octanol–water partition coefficient (Wildman–Crippen LogP) is 22.1. The zero-order valence-corrected chi connectivity index (χ0v) is 50.3. The maximum atomic E-state index is 2.56. The van der Waals surface area contributed by atoms with Crippen molar-refractivity contribution in [2.24, 2.45) is 0 Å². The molecule has 15 rings (SSSR count). The van der Waals surface area contributed by atoms with Crippen molar-refractivity contribution in [2.45, 2.75) is 66.2 Å². The molecule has 0 atom stereocenters. The van der Waals surface area contributed by atoms with Crippen LogP contribution in [0.5, 0.6) is 0 Å². The van der Waals surface area contributed by atoms with Crippen molar-refractivity contribution in [3.05, 3.63) is 356 Å². The van der Waals surface area contributed by atoms with Gasteiger partial charge in [0.05, 0.1) is 10.8 Å². The Balaban J connectivity index is 1.03. The summed E-state index contributed by atoms with van der Waals surface area (Å²) < 4.78 is 0. The van der Waals surface area contributed by atoms with Crippen LogP contribution in [-0.2, 0) is 10.8 Å². The Kier molecular flexibility index (Phi) is 12.5. The van der Waals surface area contributed by atoms with Gasteiger partial charge in [-0.2, -0.15) is 0 Å². The molecule has 0 unspecified atom stereocenters. The minimum absolute atomic E-state index is 0.688. The Morgan fingerprint density at radius 1 is 0.221 bits per heavy atom. The molecule has 2 aliphatic rings. The van der Waals surface area contributed by atoms with Crippen LogP contribution in [-0.4, -0.2) is 0 Å². The molecule has 13 aromatic carbocycles. The second-order valence-electron chi connectivity index (χ2n) is 24.8. The topological polar surface area (TPSA) is 6.48 Å². The highest BCUT2D eigenvalue weighted by Gasteiger charge is 2.54. The predicted molar refractivity (Wildman–Crippen MR) is 363 cm³/mol. The highest BCUT2D eigenvalue weighted by atomic mass is 15.1. The zero-order chi connectivity index (χ0) is 58.6. The lowest BCUT2D eigenvalue weighted by molar-refractivity contribution is 0.755. The zero-order valence-electron chi connectivity index (χ0n) is 50.3. The summed E-state index contributed by atoms with van der Waals surface area (Å²) in [5.41, 5.74) is 30.6. The Hall–Kier alpha value is -10.0. The standard InChI is InChI=1S/C84H68N2/c1-53-35-54(2)40-71(39-53)85(72-41-55(3)36-56(4)42-72)69-31-29-61-49-76-75-33-34-78-81(82(75)84(67-25-17-11-18-26-67,68-27-19-12-20-28-68)79(76)51-63(61)47-69)77-50-62-30-32-70(86(73-43-57(5)37-58(6)44-73)74-45-59(7)38-60(8)46-74)48-64(62)52-80(77)83(78,65-21-13-9-14-22-65)66-23-15-10-16-24-66/h9-52H,1-8H3. The molecule has 2 aliphatic carbocycles. The van der Waals surface area contributed by atoms with Gasteiger partial charge < -0.3 is 9.80 Å². The van der Waals surface area contributed by atoms with Gasteiger partial charge in [0.1, 0.15) is 0 Å². The van der Waals surface area contributed by atoms with Crippen molar-refractivity contribution < 1.29 is 0 Å². The summed E-state index contributed by atoms with van der Waals surface area (Å²) in [7, 11) is 0. The summed E-state index contributed by atoms with van der Waals surface area (Å²) in [6, 6.07) is 103. The second kappa shape index (κ2) is 20.4. The molecular weight excluding hydrogens is 1040 g/mol. The molecule has 2 heteroatoms. The molecule has 2 nitrogen and oxygen atoms in total. The fraction of sp³-hybridized carbons (Fsp3) is 0.119. The summed E-state index contributed by atoms with van der Waals surface area (Å²) in [5.74, 6) is 0. The molecule has 0 saturated heterocycles. The number of hydrogen-bond acceptors (Lipinski definition) is 2. The normalized spacial score (nSPS) is 13.3. The number of fused-ring (bicyclic) bond motifs is 9. The van der Waals surface area contributed by atoms with Gasteiger partial charge in [-0.3, -0.25) is 0 Å². The van der Waals surface area contributed by atoms with Crippen LogP contribution in [0.25, 0.3) is 43.8 Å². The van der Waals surface area contributed by atoms with Gasteiger partial charge in [0.25, 0.3) is 0 Å². The molecule has 0 aliphatic heterocycles. The first-order valence-electron chi connectivity index (χ1n) is 30.4. The lowest BCUT2D eigenvalue weighted by Gasteiger charge is -2.37. The van der Waals surface area contributed by atoms with Crippen LogP contribution in [0.15, 0.2) is 267 Å². The molecule has 0 spiro atoms. The minimum atomic E-state index is -0.734. The van der Waals surface area contributed by atoms with Crippen LogP contribution in [0, 0.1) is 55.4 Å². The third kappa shape index (κ3) is 8.37. The third-order valence-electron chi connectivity index (χ3n) is 18.5. The van der Waals surface area contributed by atoms with Gasteiger partial charge in [-0.25, -0.2) is 0 Å². The van der Waals surface area contributed by atoms with E-state index in [-0.39, 0.29) is 0 Å². The molecule has 0 aromatic heterocycles. The first-order chi connectivity index (χ1) is 41.8. The molecule has 0 saturated carbocycles. The van der Waals surface area contributed by atoms with E-state index in [0.717, 1.165) is 34.1 Å². The number of anilines is 6. The first kappa shape index (κ1) is 52.8. The van der Waals surface area contributed by atoms with Gasteiger partial charge >= 0.3 is 0 Å². The summed E-state index contributed by atoms with van der Waals surface area (Å²) in [5, 5.41) is 4.79. The van der Waals surface area contributed by atoms with E-state index >= 15 is 0 Å². The van der Waals surface area contributed by atoms with Crippen LogP contribution < -0.4 is 9.80 Å². The summed E-state index contributed by atoms with van der Waals surface area (Å²) in [6.07, 6.45) is 0. The van der Waals surface area contributed by atoms with Gasteiger partial charge in [-0.15, -0.1) is 0 Å². The van der Waals surface area contributed by atoms with Gasteiger partial charge in [-0.1, -0.05) is 170 Å². The fourth-order valence-electron chi connectivity index (χ4n) is 15.5. The van der Waals surface area contributed by atoms with E-state index in [1.807, 2.05) is 0 Å². The van der Waals surface area contributed by atoms with Gasteiger partial charge in [0.15, 0.2) is 0 Å². The summed E-state index contributed by atoms with van der Waals surface area (Å²) >= 11 is 0. The first-order valence-corrected chi connectivity index (χ1v) is 30.4. The lowest BCUT2D eigenvalue weighted by Crippen LogP contribution is -2.31. The molecule has 0 fully saturated rings. The number of benzene rings is 13. The number of rotatable bonds is 10. The van der Waals surface area contributed by atoms with Crippen molar-refractivity contribution in [1.82, 2.24) is 0 Å². The number of aryl methyl sites for hydroxylation is 8. The van der Waals surface area contributed by atoms with Crippen LogP contribution in [0.4, 0.5) is 34.1 Å². The Bertz CT molecular complexity index is 4580. The van der Waals surface area contributed by atoms with Crippen LogP contribution in [0.3, 0.4) is 0 Å².